The Bertz CT molecular complexity index is 1170. The normalized spacial score (nSPS) is 16.1. The highest BCUT2D eigenvalue weighted by Crippen LogP contribution is 2.24. The van der Waals surface area contributed by atoms with Crippen LogP contribution in [0.2, 0.25) is 0 Å². The zero-order valence-corrected chi connectivity index (χ0v) is 15.3. The van der Waals surface area contributed by atoms with Crippen LogP contribution in [0.4, 0.5) is 5.69 Å². The van der Waals surface area contributed by atoms with Crippen molar-refractivity contribution >= 4 is 28.4 Å². The van der Waals surface area contributed by atoms with Crippen molar-refractivity contribution in [2.45, 2.75) is 13.0 Å². The molecule has 2 aromatic carbocycles. The average molecular weight is 373 g/mol. The number of piperazine rings is 1. The van der Waals surface area contributed by atoms with Gasteiger partial charge in [-0.2, -0.15) is 0 Å². The Morgan fingerprint density at radius 1 is 0.893 bits per heavy atom. The van der Waals surface area contributed by atoms with E-state index in [1.807, 2.05) is 47.0 Å². The quantitative estimate of drug-likeness (QED) is 0.691. The summed E-state index contributed by atoms with van der Waals surface area (Å²) in [5.41, 5.74) is 2.78. The number of amides is 2. The number of benzene rings is 2. The van der Waals surface area contributed by atoms with Gasteiger partial charge in [-0.3, -0.25) is 14.4 Å². The molecule has 0 bridgehead atoms. The molecule has 5 rings (SSSR count). The molecule has 6 nitrogen and oxygen atoms in total. The van der Waals surface area contributed by atoms with Crippen LogP contribution in [-0.4, -0.2) is 40.9 Å². The molecule has 2 amide bonds. The fourth-order valence-electron chi connectivity index (χ4n) is 4.21. The van der Waals surface area contributed by atoms with E-state index in [0.717, 1.165) is 29.7 Å². The number of aromatic nitrogens is 1. The van der Waals surface area contributed by atoms with E-state index >= 15 is 0 Å². The lowest BCUT2D eigenvalue weighted by molar-refractivity contribution is -0.120. The highest BCUT2D eigenvalue weighted by Gasteiger charge is 2.30. The van der Waals surface area contributed by atoms with Gasteiger partial charge in [0.25, 0.3) is 5.91 Å². The highest BCUT2D eigenvalue weighted by atomic mass is 16.2. The Morgan fingerprint density at radius 3 is 2.50 bits per heavy atom. The Balaban J connectivity index is 1.45. The molecule has 0 unspecified atom stereocenters. The smallest absolute Gasteiger partial charge is 0.259 e. The van der Waals surface area contributed by atoms with Crippen LogP contribution >= 0.6 is 0 Å². The predicted molar refractivity (Wildman–Crippen MR) is 107 cm³/mol. The summed E-state index contributed by atoms with van der Waals surface area (Å²) in [6.45, 7) is 1.56. The standard InChI is InChI=1S/C22H19N3O3/c26-19-14-24(11-12-25(19)16-6-2-1-3-7-16)22(28)18-13-23-10-9-15-5-4-8-17(20(15)23)21(18)27/h1-8,13H,9-12,14H2. The van der Waals surface area contributed by atoms with Crippen LogP contribution in [0.3, 0.4) is 0 Å². The van der Waals surface area contributed by atoms with Crippen LogP contribution in [0.15, 0.2) is 59.5 Å². The first-order valence-electron chi connectivity index (χ1n) is 9.43. The summed E-state index contributed by atoms with van der Waals surface area (Å²) in [5, 5.41) is 0.579. The number of carbonyl (C=O) groups excluding carboxylic acids is 2. The van der Waals surface area contributed by atoms with Crippen LogP contribution in [0, 0.1) is 0 Å². The van der Waals surface area contributed by atoms with E-state index in [4.69, 9.17) is 0 Å². The lowest BCUT2D eigenvalue weighted by Gasteiger charge is -2.34. The fourth-order valence-corrected chi connectivity index (χ4v) is 4.21. The van der Waals surface area contributed by atoms with Gasteiger partial charge in [0.15, 0.2) is 0 Å². The predicted octanol–water partition coefficient (Wildman–Crippen LogP) is 2.05. The number of hydrogen-bond donors (Lipinski definition) is 0. The zero-order valence-electron chi connectivity index (χ0n) is 15.3. The van der Waals surface area contributed by atoms with Gasteiger partial charge < -0.3 is 14.4 Å². The van der Waals surface area contributed by atoms with Crippen molar-refractivity contribution in [3.8, 4) is 0 Å². The van der Waals surface area contributed by atoms with Crippen molar-refractivity contribution in [1.82, 2.24) is 9.47 Å². The maximum absolute atomic E-state index is 13.1. The molecule has 28 heavy (non-hydrogen) atoms. The molecule has 3 aromatic rings. The van der Waals surface area contributed by atoms with Gasteiger partial charge in [0.2, 0.25) is 11.3 Å². The van der Waals surface area contributed by atoms with Crippen molar-refractivity contribution in [1.29, 1.82) is 0 Å². The number of anilines is 1. The maximum atomic E-state index is 13.1. The molecule has 0 radical (unpaired) electrons. The molecule has 0 atom stereocenters. The second kappa shape index (κ2) is 6.34. The summed E-state index contributed by atoms with van der Waals surface area (Å²) in [6.07, 6.45) is 2.53. The van der Waals surface area contributed by atoms with Crippen LogP contribution < -0.4 is 10.3 Å². The summed E-state index contributed by atoms with van der Waals surface area (Å²) in [7, 11) is 0. The summed E-state index contributed by atoms with van der Waals surface area (Å²) >= 11 is 0. The number of aryl methyl sites for hydroxylation is 2. The molecular formula is C22H19N3O3. The molecule has 6 heteroatoms. The lowest BCUT2D eigenvalue weighted by Crippen LogP contribution is -2.53. The molecule has 2 aliphatic rings. The maximum Gasteiger partial charge on any atom is 0.259 e. The summed E-state index contributed by atoms with van der Waals surface area (Å²) in [6, 6.07) is 15.1. The van der Waals surface area contributed by atoms with E-state index in [1.54, 1.807) is 17.2 Å². The Labute approximate surface area is 161 Å². The number of para-hydroxylation sites is 2. The number of rotatable bonds is 2. The second-order valence-electron chi connectivity index (χ2n) is 7.24. The first-order chi connectivity index (χ1) is 13.6. The molecule has 0 saturated carbocycles. The lowest BCUT2D eigenvalue weighted by atomic mass is 10.1. The Hall–Kier alpha value is -3.41. The summed E-state index contributed by atoms with van der Waals surface area (Å²) in [5.74, 6) is -0.507. The van der Waals surface area contributed by atoms with Gasteiger partial charge in [0, 0.05) is 36.9 Å². The van der Waals surface area contributed by atoms with Gasteiger partial charge in [-0.15, -0.1) is 0 Å². The number of carbonyl (C=O) groups is 2. The monoisotopic (exact) mass is 373 g/mol. The van der Waals surface area contributed by atoms with Crippen molar-refractivity contribution in [2.75, 3.05) is 24.5 Å². The first kappa shape index (κ1) is 16.7. The second-order valence-corrected chi connectivity index (χ2v) is 7.24. The summed E-state index contributed by atoms with van der Waals surface area (Å²) in [4.78, 5) is 41.8. The molecule has 2 aliphatic heterocycles. The topological polar surface area (TPSA) is 62.6 Å². The molecule has 1 aromatic heterocycles. The Kier molecular flexibility index (Phi) is 3.79. The molecule has 1 saturated heterocycles. The van der Waals surface area contributed by atoms with E-state index < -0.39 is 0 Å². The van der Waals surface area contributed by atoms with Crippen molar-refractivity contribution < 1.29 is 9.59 Å². The number of nitrogens with zero attached hydrogens (tertiary/aromatic N) is 3. The number of pyridine rings is 1. The highest BCUT2D eigenvalue weighted by molar-refractivity contribution is 6.03. The van der Waals surface area contributed by atoms with Gasteiger partial charge in [-0.1, -0.05) is 30.3 Å². The third kappa shape index (κ3) is 2.52. The third-order valence-corrected chi connectivity index (χ3v) is 5.61. The van der Waals surface area contributed by atoms with Crippen LogP contribution in [0.5, 0.6) is 0 Å². The fraction of sp³-hybridized carbons (Fsp3) is 0.227. The van der Waals surface area contributed by atoms with Gasteiger partial charge in [-0.25, -0.2) is 0 Å². The Morgan fingerprint density at radius 2 is 1.71 bits per heavy atom. The molecule has 0 aliphatic carbocycles. The minimum absolute atomic E-state index is 0.0226. The van der Waals surface area contributed by atoms with Crippen LogP contribution in [-0.2, 0) is 17.8 Å². The van der Waals surface area contributed by atoms with Crippen LogP contribution in [0.25, 0.3) is 10.9 Å². The van der Waals surface area contributed by atoms with E-state index in [0.29, 0.717) is 18.5 Å². The zero-order chi connectivity index (χ0) is 19.3. The number of hydrogen-bond acceptors (Lipinski definition) is 3. The van der Waals surface area contributed by atoms with Crippen molar-refractivity contribution in [3.63, 3.8) is 0 Å². The van der Waals surface area contributed by atoms with E-state index in [-0.39, 0.29) is 29.4 Å². The SMILES string of the molecule is O=C(c1cn2c3c(cccc3c1=O)CC2)N1CCN(c2ccccc2)C(=O)C1. The van der Waals surface area contributed by atoms with Gasteiger partial charge in [0.05, 0.1) is 5.52 Å². The molecule has 0 spiro atoms. The molecule has 140 valence electrons. The van der Waals surface area contributed by atoms with Gasteiger partial charge >= 0.3 is 0 Å². The van der Waals surface area contributed by atoms with E-state index in [9.17, 15) is 14.4 Å². The molecular weight excluding hydrogens is 354 g/mol. The van der Waals surface area contributed by atoms with Crippen LogP contribution in [0.1, 0.15) is 15.9 Å². The summed E-state index contributed by atoms with van der Waals surface area (Å²) < 4.78 is 1.99. The largest absolute Gasteiger partial charge is 0.346 e. The average Bonchev–Trinajstić information content (AvgIpc) is 3.14. The minimum atomic E-state index is -0.367. The van der Waals surface area contributed by atoms with E-state index in [1.165, 1.54) is 4.90 Å². The molecule has 1 fully saturated rings. The molecule has 0 N–H and O–H groups in total. The van der Waals surface area contributed by atoms with Gasteiger partial charge in [-0.05, 0) is 30.2 Å². The third-order valence-electron chi connectivity index (χ3n) is 5.61. The van der Waals surface area contributed by atoms with E-state index in [2.05, 4.69) is 0 Å². The minimum Gasteiger partial charge on any atom is -0.346 e. The molecule has 3 heterocycles. The first-order valence-corrected chi connectivity index (χ1v) is 9.43. The van der Waals surface area contributed by atoms with Gasteiger partial charge in [0.1, 0.15) is 12.1 Å². The van der Waals surface area contributed by atoms with Crippen molar-refractivity contribution in [2.24, 2.45) is 0 Å². The van der Waals surface area contributed by atoms with Crippen molar-refractivity contribution in [3.05, 3.63) is 76.1 Å².